The summed E-state index contributed by atoms with van der Waals surface area (Å²) in [5.41, 5.74) is -0.595. The van der Waals surface area contributed by atoms with Gasteiger partial charge in [-0.2, -0.15) is 5.26 Å². The van der Waals surface area contributed by atoms with Gasteiger partial charge in [0.2, 0.25) is 0 Å². The van der Waals surface area contributed by atoms with Crippen LogP contribution in [0.1, 0.15) is 19.3 Å². The molecular formula is C9H14N2O2. The first-order valence-electron chi connectivity index (χ1n) is 4.41. The van der Waals surface area contributed by atoms with E-state index < -0.39 is 5.41 Å². The molecule has 4 heteroatoms. The van der Waals surface area contributed by atoms with E-state index in [1.165, 1.54) is 7.11 Å². The highest BCUT2D eigenvalue weighted by Crippen LogP contribution is 2.31. The number of piperidine rings is 1. The summed E-state index contributed by atoms with van der Waals surface area (Å²) in [5.74, 6) is -0.263. The minimum atomic E-state index is -0.595. The molecule has 1 heterocycles. The van der Waals surface area contributed by atoms with E-state index in [0.717, 1.165) is 19.4 Å². The van der Waals surface area contributed by atoms with Crippen LogP contribution in [0, 0.1) is 16.7 Å². The van der Waals surface area contributed by atoms with Gasteiger partial charge in [-0.1, -0.05) is 0 Å². The second kappa shape index (κ2) is 4.24. The highest BCUT2D eigenvalue weighted by Gasteiger charge is 2.40. The summed E-state index contributed by atoms with van der Waals surface area (Å²) < 4.78 is 4.72. The van der Waals surface area contributed by atoms with Crippen LogP contribution in [0.2, 0.25) is 0 Å². The van der Waals surface area contributed by atoms with Crippen molar-refractivity contribution in [3.8, 4) is 6.07 Å². The van der Waals surface area contributed by atoms with Crippen LogP contribution in [0.5, 0.6) is 0 Å². The van der Waals surface area contributed by atoms with E-state index in [9.17, 15) is 4.79 Å². The van der Waals surface area contributed by atoms with Crippen LogP contribution in [0.25, 0.3) is 0 Å². The zero-order valence-corrected chi connectivity index (χ0v) is 7.80. The molecule has 0 aliphatic carbocycles. The van der Waals surface area contributed by atoms with Crippen molar-refractivity contribution >= 4 is 5.97 Å². The van der Waals surface area contributed by atoms with Gasteiger partial charge < -0.3 is 10.1 Å². The summed E-state index contributed by atoms with van der Waals surface area (Å²) in [6.07, 6.45) is 1.92. The first kappa shape index (κ1) is 10.0. The average molecular weight is 182 g/mol. The van der Waals surface area contributed by atoms with Gasteiger partial charge in [0.1, 0.15) is 0 Å². The number of ether oxygens (including phenoxy) is 1. The Hall–Kier alpha value is -1.08. The smallest absolute Gasteiger partial charge is 0.314 e. The third-order valence-electron chi connectivity index (χ3n) is 2.51. The van der Waals surface area contributed by atoms with Gasteiger partial charge in [-0.15, -0.1) is 0 Å². The normalized spacial score (nSPS) is 27.7. The molecule has 0 aromatic carbocycles. The number of carbonyl (C=O) groups excluding carboxylic acids is 1. The molecule has 0 bridgehead atoms. The number of esters is 1. The fourth-order valence-electron chi connectivity index (χ4n) is 1.73. The van der Waals surface area contributed by atoms with Crippen molar-refractivity contribution in [3.63, 3.8) is 0 Å². The maximum absolute atomic E-state index is 11.5. The zero-order valence-electron chi connectivity index (χ0n) is 7.80. The van der Waals surface area contributed by atoms with Gasteiger partial charge in [0.05, 0.1) is 25.0 Å². The number of hydrogen-bond donors (Lipinski definition) is 1. The summed E-state index contributed by atoms with van der Waals surface area (Å²) in [5, 5.41) is 11.8. The van der Waals surface area contributed by atoms with Crippen molar-refractivity contribution in [2.45, 2.75) is 19.3 Å². The first-order valence-corrected chi connectivity index (χ1v) is 4.41. The Morgan fingerprint density at radius 3 is 3.00 bits per heavy atom. The standard InChI is InChI=1S/C9H14N2O2/c1-13-8(12)9(4-5-10)3-2-6-11-7-9/h11H,2-4,6-7H2,1H3/t9-/m0/s1. The molecule has 13 heavy (non-hydrogen) atoms. The SMILES string of the molecule is COC(=O)[C@]1(CC#N)CCCNC1. The topological polar surface area (TPSA) is 62.1 Å². The molecule has 1 fully saturated rings. The Bertz CT molecular complexity index is 226. The van der Waals surface area contributed by atoms with Gasteiger partial charge >= 0.3 is 5.97 Å². The van der Waals surface area contributed by atoms with Gasteiger partial charge in [0.15, 0.2) is 0 Å². The molecule has 1 saturated heterocycles. The maximum Gasteiger partial charge on any atom is 0.314 e. The van der Waals surface area contributed by atoms with E-state index in [0.29, 0.717) is 6.54 Å². The molecule has 1 rings (SSSR count). The van der Waals surface area contributed by atoms with Crippen molar-refractivity contribution in [3.05, 3.63) is 0 Å². The third kappa shape index (κ3) is 1.99. The summed E-state index contributed by atoms with van der Waals surface area (Å²) in [6.45, 7) is 1.48. The fraction of sp³-hybridized carbons (Fsp3) is 0.778. The van der Waals surface area contributed by atoms with Crippen LogP contribution in [0.4, 0.5) is 0 Å². The molecule has 0 saturated carbocycles. The summed E-state index contributed by atoms with van der Waals surface area (Å²) in [4.78, 5) is 11.5. The molecule has 0 spiro atoms. The van der Waals surface area contributed by atoms with Gasteiger partial charge in [0.25, 0.3) is 0 Å². The van der Waals surface area contributed by atoms with Crippen LogP contribution in [-0.4, -0.2) is 26.2 Å². The lowest BCUT2D eigenvalue weighted by atomic mass is 9.78. The van der Waals surface area contributed by atoms with E-state index in [4.69, 9.17) is 10.00 Å². The van der Waals surface area contributed by atoms with Gasteiger partial charge in [-0.25, -0.2) is 0 Å². The maximum atomic E-state index is 11.5. The van der Waals surface area contributed by atoms with Crippen molar-refractivity contribution in [1.82, 2.24) is 5.32 Å². The second-order valence-corrected chi connectivity index (χ2v) is 3.39. The molecule has 1 aliphatic rings. The highest BCUT2D eigenvalue weighted by atomic mass is 16.5. The molecule has 0 aromatic heterocycles. The van der Waals surface area contributed by atoms with Crippen molar-refractivity contribution in [2.75, 3.05) is 20.2 Å². The predicted octanol–water partition coefficient (Wildman–Crippen LogP) is 0.443. The third-order valence-corrected chi connectivity index (χ3v) is 2.51. The molecule has 0 aromatic rings. The Balaban J connectivity index is 2.73. The lowest BCUT2D eigenvalue weighted by molar-refractivity contribution is -0.153. The number of rotatable bonds is 2. The molecule has 4 nitrogen and oxygen atoms in total. The molecule has 0 unspecified atom stereocenters. The lowest BCUT2D eigenvalue weighted by Gasteiger charge is -2.32. The van der Waals surface area contributed by atoms with E-state index in [2.05, 4.69) is 11.4 Å². The van der Waals surface area contributed by atoms with E-state index in [1.807, 2.05) is 0 Å². The Labute approximate surface area is 77.9 Å². The summed E-state index contributed by atoms with van der Waals surface area (Å²) in [6, 6.07) is 2.05. The molecule has 1 N–H and O–H groups in total. The fourth-order valence-corrected chi connectivity index (χ4v) is 1.73. The highest BCUT2D eigenvalue weighted by molar-refractivity contribution is 5.77. The van der Waals surface area contributed by atoms with Crippen LogP contribution >= 0.6 is 0 Å². The van der Waals surface area contributed by atoms with Crippen LogP contribution in [0.15, 0.2) is 0 Å². The van der Waals surface area contributed by atoms with E-state index in [-0.39, 0.29) is 12.4 Å². The Morgan fingerprint density at radius 1 is 1.77 bits per heavy atom. The molecule has 1 atom stereocenters. The van der Waals surface area contributed by atoms with Crippen molar-refractivity contribution in [1.29, 1.82) is 5.26 Å². The number of methoxy groups -OCH3 is 1. The quantitative estimate of drug-likeness (QED) is 0.629. The molecule has 0 amide bonds. The van der Waals surface area contributed by atoms with Crippen LogP contribution < -0.4 is 5.32 Å². The van der Waals surface area contributed by atoms with Crippen LogP contribution in [0.3, 0.4) is 0 Å². The number of nitrogens with zero attached hydrogens (tertiary/aromatic N) is 1. The minimum Gasteiger partial charge on any atom is -0.469 e. The number of nitrogens with one attached hydrogen (secondary N) is 1. The molecule has 1 aliphatic heterocycles. The van der Waals surface area contributed by atoms with Gasteiger partial charge in [0, 0.05) is 6.54 Å². The Morgan fingerprint density at radius 2 is 2.54 bits per heavy atom. The monoisotopic (exact) mass is 182 g/mol. The molecular weight excluding hydrogens is 168 g/mol. The summed E-state index contributed by atoms with van der Waals surface area (Å²) in [7, 11) is 1.37. The largest absolute Gasteiger partial charge is 0.469 e. The number of nitriles is 1. The first-order chi connectivity index (χ1) is 6.25. The number of carbonyl (C=O) groups is 1. The molecule has 72 valence electrons. The summed E-state index contributed by atoms with van der Waals surface area (Å²) >= 11 is 0. The number of hydrogen-bond acceptors (Lipinski definition) is 4. The van der Waals surface area contributed by atoms with E-state index >= 15 is 0 Å². The van der Waals surface area contributed by atoms with Crippen molar-refractivity contribution < 1.29 is 9.53 Å². The van der Waals surface area contributed by atoms with Gasteiger partial charge in [-0.05, 0) is 19.4 Å². The molecule has 0 radical (unpaired) electrons. The zero-order chi connectivity index (χ0) is 9.73. The predicted molar refractivity (Wildman–Crippen MR) is 46.8 cm³/mol. The van der Waals surface area contributed by atoms with Crippen molar-refractivity contribution in [2.24, 2.45) is 5.41 Å². The van der Waals surface area contributed by atoms with Gasteiger partial charge in [-0.3, -0.25) is 4.79 Å². The second-order valence-electron chi connectivity index (χ2n) is 3.39. The average Bonchev–Trinajstić information content (AvgIpc) is 2.18. The lowest BCUT2D eigenvalue weighted by Crippen LogP contribution is -2.45. The minimum absolute atomic E-state index is 0.243. The Kier molecular flexibility index (Phi) is 3.26. The van der Waals surface area contributed by atoms with Crippen LogP contribution in [-0.2, 0) is 9.53 Å². The van der Waals surface area contributed by atoms with E-state index in [1.54, 1.807) is 0 Å².